The highest BCUT2D eigenvalue weighted by atomic mass is 16.6. The average molecular weight is 468 g/mol. The Morgan fingerprint density at radius 2 is 1.85 bits per heavy atom. The van der Waals surface area contributed by atoms with Gasteiger partial charge in [-0.25, -0.2) is 14.6 Å². The molecule has 0 fully saturated rings. The molecule has 182 valence electrons. The number of esters is 1. The number of pyridine rings is 1. The summed E-state index contributed by atoms with van der Waals surface area (Å²) in [6.45, 7) is 6.41. The molecule has 2 N–H and O–H groups in total. The first-order valence-corrected chi connectivity index (χ1v) is 11.2. The Labute approximate surface area is 201 Å². The van der Waals surface area contributed by atoms with E-state index in [1.165, 1.54) is 7.11 Å². The number of hydrogen-bond donors (Lipinski definition) is 2. The molecule has 1 aromatic heterocycles. The van der Waals surface area contributed by atoms with Crippen LogP contribution in [0.3, 0.4) is 0 Å². The number of ether oxygens (including phenoxy) is 3. The number of rotatable bonds is 9. The SMILES string of the molecule is CNc1cccc(C#Cc2ccc(C(=O)OC)c(OCCCCCNC(=O)OC(C)(C)C)c2)n1. The van der Waals surface area contributed by atoms with Gasteiger partial charge in [0.2, 0.25) is 0 Å². The molecule has 0 radical (unpaired) electrons. The quantitative estimate of drug-likeness (QED) is 0.321. The van der Waals surface area contributed by atoms with E-state index in [-0.39, 0.29) is 0 Å². The summed E-state index contributed by atoms with van der Waals surface area (Å²) in [6.07, 6.45) is 1.97. The standard InChI is InChI=1S/C26H33N3O5/c1-26(2,3)34-25(31)28-16-7-6-8-17-33-22-18-19(13-15-21(22)24(30)32-5)12-14-20-10-9-11-23(27-4)29-20/h9-11,13,15,18H,6-8,16-17H2,1-5H3,(H,27,29)(H,28,31). The maximum atomic E-state index is 12.1. The second-order valence-corrected chi connectivity index (χ2v) is 8.45. The molecule has 0 unspecified atom stereocenters. The number of anilines is 1. The van der Waals surface area contributed by atoms with Gasteiger partial charge in [0.25, 0.3) is 0 Å². The molecule has 1 aromatic carbocycles. The molecule has 1 amide bonds. The molecule has 8 heteroatoms. The minimum atomic E-state index is -0.512. The van der Waals surface area contributed by atoms with Crippen LogP contribution in [0.4, 0.5) is 10.6 Å². The van der Waals surface area contributed by atoms with E-state index in [4.69, 9.17) is 14.2 Å². The van der Waals surface area contributed by atoms with Crippen molar-refractivity contribution in [3.05, 3.63) is 53.2 Å². The van der Waals surface area contributed by atoms with Crippen LogP contribution in [0.5, 0.6) is 5.75 Å². The van der Waals surface area contributed by atoms with E-state index in [0.717, 1.165) is 25.1 Å². The number of nitrogens with zero attached hydrogens (tertiary/aromatic N) is 1. The third-order valence-electron chi connectivity index (χ3n) is 4.47. The molecular weight excluding hydrogens is 434 g/mol. The van der Waals surface area contributed by atoms with Crippen molar-refractivity contribution >= 4 is 17.9 Å². The predicted octanol–water partition coefficient (Wildman–Crippen LogP) is 4.38. The summed E-state index contributed by atoms with van der Waals surface area (Å²) < 4.78 is 15.9. The van der Waals surface area contributed by atoms with Crippen LogP contribution in [0.1, 0.15) is 61.6 Å². The first-order valence-electron chi connectivity index (χ1n) is 11.2. The van der Waals surface area contributed by atoms with E-state index >= 15 is 0 Å². The number of unbranched alkanes of at least 4 members (excludes halogenated alkanes) is 2. The lowest BCUT2D eigenvalue weighted by Crippen LogP contribution is -2.33. The van der Waals surface area contributed by atoms with Gasteiger partial charge in [-0.15, -0.1) is 0 Å². The Kier molecular flexibility index (Phi) is 10.2. The van der Waals surface area contributed by atoms with Crippen molar-refractivity contribution in [1.82, 2.24) is 10.3 Å². The van der Waals surface area contributed by atoms with Gasteiger partial charge in [-0.2, -0.15) is 0 Å². The van der Waals surface area contributed by atoms with E-state index in [0.29, 0.717) is 35.7 Å². The maximum Gasteiger partial charge on any atom is 0.407 e. The highest BCUT2D eigenvalue weighted by Gasteiger charge is 2.15. The van der Waals surface area contributed by atoms with Crippen LogP contribution in [0.25, 0.3) is 0 Å². The van der Waals surface area contributed by atoms with E-state index in [9.17, 15) is 9.59 Å². The monoisotopic (exact) mass is 467 g/mol. The van der Waals surface area contributed by atoms with Crippen LogP contribution in [0, 0.1) is 11.8 Å². The summed E-state index contributed by atoms with van der Waals surface area (Å²) in [6, 6.07) is 10.7. The molecule has 0 aliphatic rings. The van der Waals surface area contributed by atoms with Crippen molar-refractivity contribution in [2.45, 2.75) is 45.6 Å². The van der Waals surface area contributed by atoms with Crippen molar-refractivity contribution in [1.29, 1.82) is 0 Å². The molecule has 8 nitrogen and oxygen atoms in total. The number of aromatic nitrogens is 1. The van der Waals surface area contributed by atoms with Gasteiger partial charge in [-0.05, 0) is 76.3 Å². The Morgan fingerprint density at radius 3 is 2.56 bits per heavy atom. The Hall–Kier alpha value is -3.73. The van der Waals surface area contributed by atoms with Crippen LogP contribution in [-0.4, -0.2) is 50.0 Å². The van der Waals surface area contributed by atoms with E-state index in [1.807, 2.05) is 39.0 Å². The van der Waals surface area contributed by atoms with Crippen molar-refractivity contribution in [2.75, 3.05) is 32.6 Å². The van der Waals surface area contributed by atoms with Gasteiger partial charge < -0.3 is 24.8 Å². The van der Waals surface area contributed by atoms with Crippen LogP contribution in [0.15, 0.2) is 36.4 Å². The molecule has 2 rings (SSSR count). The summed E-state index contributed by atoms with van der Waals surface area (Å²) in [5.74, 6) is 6.76. The second kappa shape index (κ2) is 13.1. The van der Waals surface area contributed by atoms with Gasteiger partial charge in [0.05, 0.1) is 13.7 Å². The number of nitrogens with one attached hydrogen (secondary N) is 2. The Balaban J connectivity index is 1.92. The molecule has 34 heavy (non-hydrogen) atoms. The number of amides is 1. The van der Waals surface area contributed by atoms with Gasteiger partial charge >= 0.3 is 12.1 Å². The number of alkyl carbamates (subject to hydrolysis) is 1. The molecule has 0 saturated carbocycles. The van der Waals surface area contributed by atoms with Crippen molar-refractivity contribution in [2.24, 2.45) is 0 Å². The fourth-order valence-electron chi connectivity index (χ4n) is 2.87. The normalized spacial score (nSPS) is 10.5. The summed E-state index contributed by atoms with van der Waals surface area (Å²) in [5.41, 5.74) is 1.16. The molecule has 0 aliphatic heterocycles. The predicted molar refractivity (Wildman–Crippen MR) is 131 cm³/mol. The Morgan fingerprint density at radius 1 is 1.06 bits per heavy atom. The topological polar surface area (TPSA) is 98.8 Å². The number of benzene rings is 1. The molecule has 2 aromatic rings. The highest BCUT2D eigenvalue weighted by Crippen LogP contribution is 2.22. The van der Waals surface area contributed by atoms with Gasteiger partial charge in [-0.3, -0.25) is 0 Å². The highest BCUT2D eigenvalue weighted by molar-refractivity contribution is 5.92. The lowest BCUT2D eigenvalue weighted by atomic mass is 10.1. The third-order valence-corrected chi connectivity index (χ3v) is 4.47. The number of methoxy groups -OCH3 is 1. The van der Waals surface area contributed by atoms with Crippen molar-refractivity contribution < 1.29 is 23.8 Å². The average Bonchev–Trinajstić information content (AvgIpc) is 2.80. The molecule has 1 heterocycles. The van der Waals surface area contributed by atoms with Crippen molar-refractivity contribution in [3.8, 4) is 17.6 Å². The third kappa shape index (κ3) is 9.41. The largest absolute Gasteiger partial charge is 0.493 e. The van der Waals surface area contributed by atoms with Crippen LogP contribution in [0.2, 0.25) is 0 Å². The van der Waals surface area contributed by atoms with E-state index in [2.05, 4.69) is 27.5 Å². The molecule has 0 saturated heterocycles. The van der Waals surface area contributed by atoms with Crippen LogP contribution < -0.4 is 15.4 Å². The molecule has 0 bridgehead atoms. The minimum absolute atomic E-state index is 0.343. The summed E-state index contributed by atoms with van der Waals surface area (Å²) >= 11 is 0. The zero-order valence-electron chi connectivity index (χ0n) is 20.5. The van der Waals surface area contributed by atoms with Gasteiger partial charge in [0.15, 0.2) is 0 Å². The minimum Gasteiger partial charge on any atom is -0.493 e. The lowest BCUT2D eigenvalue weighted by Gasteiger charge is -2.19. The molecular formula is C26H33N3O5. The molecule has 0 aliphatic carbocycles. The number of carbonyl (C=O) groups is 2. The Bertz CT molecular complexity index is 1030. The number of hydrogen-bond acceptors (Lipinski definition) is 7. The maximum absolute atomic E-state index is 12.1. The molecule has 0 spiro atoms. The van der Waals surface area contributed by atoms with Crippen molar-refractivity contribution in [3.63, 3.8) is 0 Å². The fourth-order valence-corrected chi connectivity index (χ4v) is 2.87. The molecule has 0 atom stereocenters. The number of carbonyl (C=O) groups excluding carboxylic acids is 2. The summed E-state index contributed by atoms with van der Waals surface area (Å²) in [7, 11) is 3.13. The summed E-state index contributed by atoms with van der Waals surface area (Å²) in [5, 5.41) is 5.71. The van der Waals surface area contributed by atoms with E-state index < -0.39 is 17.7 Å². The van der Waals surface area contributed by atoms with Gasteiger partial charge in [0.1, 0.15) is 28.4 Å². The first-order chi connectivity index (χ1) is 16.2. The van der Waals surface area contributed by atoms with Gasteiger partial charge in [-0.1, -0.05) is 12.0 Å². The van der Waals surface area contributed by atoms with E-state index in [1.54, 1.807) is 25.2 Å². The smallest absolute Gasteiger partial charge is 0.407 e. The fraction of sp³-hybridized carbons (Fsp3) is 0.423. The zero-order chi connectivity index (χ0) is 25.0. The zero-order valence-corrected chi connectivity index (χ0v) is 20.5. The van der Waals surface area contributed by atoms with Crippen LogP contribution >= 0.6 is 0 Å². The van der Waals surface area contributed by atoms with Crippen LogP contribution in [-0.2, 0) is 9.47 Å². The summed E-state index contributed by atoms with van der Waals surface area (Å²) in [4.78, 5) is 28.2. The lowest BCUT2D eigenvalue weighted by molar-refractivity contribution is 0.0525. The van der Waals surface area contributed by atoms with Gasteiger partial charge in [0, 0.05) is 19.2 Å². The first kappa shape index (κ1) is 26.5. The second-order valence-electron chi connectivity index (χ2n) is 8.45.